The quantitative estimate of drug-likeness (QED) is 0.591. The highest BCUT2D eigenvalue weighted by molar-refractivity contribution is 5.93. The molecule has 1 aliphatic rings. The van der Waals surface area contributed by atoms with Gasteiger partial charge in [-0.1, -0.05) is 12.1 Å². The molecule has 2 aromatic heterocycles. The zero-order valence-corrected chi connectivity index (χ0v) is 19.2. The Hall–Kier alpha value is -3.55. The van der Waals surface area contributed by atoms with Gasteiger partial charge in [0.1, 0.15) is 18.0 Å². The number of nitrogens with zero attached hydrogens (tertiary/aromatic N) is 4. The summed E-state index contributed by atoms with van der Waals surface area (Å²) in [5.74, 6) is 0.556. The lowest BCUT2D eigenvalue weighted by Gasteiger charge is -2.34. The number of carbonyl (C=O) groups excluding carboxylic acids is 2. The molecule has 4 rings (SSSR count). The summed E-state index contributed by atoms with van der Waals surface area (Å²) < 4.78 is 7.85. The summed E-state index contributed by atoms with van der Waals surface area (Å²) >= 11 is 0. The Morgan fingerprint density at radius 2 is 1.91 bits per heavy atom. The predicted molar refractivity (Wildman–Crippen MR) is 127 cm³/mol. The van der Waals surface area contributed by atoms with Crippen molar-refractivity contribution in [2.75, 3.05) is 31.5 Å². The molecule has 0 saturated carbocycles. The van der Waals surface area contributed by atoms with Crippen LogP contribution in [0.25, 0.3) is 5.65 Å². The van der Waals surface area contributed by atoms with Gasteiger partial charge in [0.25, 0.3) is 0 Å². The Morgan fingerprint density at radius 1 is 1.12 bits per heavy atom. The second-order valence-electron chi connectivity index (χ2n) is 8.22. The lowest BCUT2D eigenvalue weighted by Crippen LogP contribution is -2.47. The monoisotopic (exact) mass is 449 g/mol. The first-order valence-corrected chi connectivity index (χ1v) is 11.6. The van der Waals surface area contributed by atoms with Crippen LogP contribution in [0.15, 0.2) is 54.9 Å². The van der Waals surface area contributed by atoms with Gasteiger partial charge in [-0.15, -0.1) is 0 Å². The maximum atomic E-state index is 12.8. The summed E-state index contributed by atoms with van der Waals surface area (Å²) in [4.78, 5) is 33.5. The minimum atomic E-state index is -0.103. The van der Waals surface area contributed by atoms with E-state index in [-0.39, 0.29) is 17.9 Å². The number of ether oxygens (including phenoxy) is 1. The molecule has 1 aliphatic heterocycles. The lowest BCUT2D eigenvalue weighted by atomic mass is 9.96. The van der Waals surface area contributed by atoms with Gasteiger partial charge in [0.2, 0.25) is 5.91 Å². The first kappa shape index (κ1) is 22.6. The van der Waals surface area contributed by atoms with Crippen molar-refractivity contribution in [2.24, 2.45) is 5.92 Å². The molecule has 3 aromatic rings. The van der Waals surface area contributed by atoms with Crippen LogP contribution < -0.4 is 10.1 Å². The number of imidazole rings is 1. The molecule has 1 aromatic carbocycles. The third kappa shape index (κ3) is 5.45. The Morgan fingerprint density at radius 3 is 2.64 bits per heavy atom. The van der Waals surface area contributed by atoms with Crippen LogP contribution in [0.4, 0.5) is 10.5 Å². The molecule has 0 unspecified atom stereocenters. The second kappa shape index (κ2) is 10.4. The number of hydrogen-bond acceptors (Lipinski definition) is 4. The van der Waals surface area contributed by atoms with E-state index in [9.17, 15) is 9.59 Å². The lowest BCUT2D eigenvalue weighted by molar-refractivity contribution is -0.121. The number of anilines is 1. The minimum Gasteiger partial charge on any atom is -0.487 e. The maximum Gasteiger partial charge on any atom is 0.319 e. The standard InChI is InChI=1S/C25H31N5O3/c1-3-28(4-2)25(32)29-14-11-19(12-15-29)24(31)27-20-8-7-9-22(16-20)33-18-21-17-30-13-6-5-10-23(30)26-21/h5-10,13,16-17,19H,3-4,11-12,14-15,18H2,1-2H3,(H,27,31). The fourth-order valence-corrected chi connectivity index (χ4v) is 4.15. The topological polar surface area (TPSA) is 79.2 Å². The van der Waals surface area contributed by atoms with Crippen molar-refractivity contribution in [3.63, 3.8) is 0 Å². The van der Waals surface area contributed by atoms with Gasteiger partial charge in [-0.25, -0.2) is 9.78 Å². The van der Waals surface area contributed by atoms with Crippen LogP contribution in [-0.2, 0) is 11.4 Å². The van der Waals surface area contributed by atoms with Crippen molar-refractivity contribution in [3.8, 4) is 5.75 Å². The van der Waals surface area contributed by atoms with Crippen molar-refractivity contribution < 1.29 is 14.3 Å². The molecule has 0 bridgehead atoms. The van der Waals surface area contributed by atoms with Gasteiger partial charge in [-0.05, 0) is 51.0 Å². The molecule has 1 saturated heterocycles. The van der Waals surface area contributed by atoms with E-state index >= 15 is 0 Å². The number of aromatic nitrogens is 2. The molecule has 0 spiro atoms. The third-order valence-corrected chi connectivity index (χ3v) is 6.07. The highest BCUT2D eigenvalue weighted by Crippen LogP contribution is 2.23. The SMILES string of the molecule is CCN(CC)C(=O)N1CCC(C(=O)Nc2cccc(OCc3cn4ccccc4n3)c2)CC1. The van der Waals surface area contributed by atoms with Crippen molar-refractivity contribution in [2.45, 2.75) is 33.3 Å². The van der Waals surface area contributed by atoms with Crippen LogP contribution in [0.3, 0.4) is 0 Å². The summed E-state index contributed by atoms with van der Waals surface area (Å²) in [7, 11) is 0. The predicted octanol–water partition coefficient (Wildman–Crippen LogP) is 4.03. The van der Waals surface area contributed by atoms with Gasteiger partial charge in [-0.2, -0.15) is 0 Å². The van der Waals surface area contributed by atoms with E-state index in [4.69, 9.17) is 4.74 Å². The number of piperidine rings is 1. The fourth-order valence-electron chi connectivity index (χ4n) is 4.15. The van der Waals surface area contributed by atoms with Gasteiger partial charge in [-0.3, -0.25) is 4.79 Å². The summed E-state index contributed by atoms with van der Waals surface area (Å²) in [6.45, 7) is 6.92. The van der Waals surface area contributed by atoms with Gasteiger partial charge in [0, 0.05) is 56.2 Å². The van der Waals surface area contributed by atoms with E-state index in [0.29, 0.717) is 57.1 Å². The number of rotatable bonds is 7. The van der Waals surface area contributed by atoms with E-state index in [2.05, 4.69) is 10.3 Å². The summed E-state index contributed by atoms with van der Waals surface area (Å²) in [6.07, 6.45) is 5.23. The largest absolute Gasteiger partial charge is 0.487 e. The molecule has 0 radical (unpaired) electrons. The second-order valence-corrected chi connectivity index (χ2v) is 8.22. The van der Waals surface area contributed by atoms with Crippen LogP contribution in [0.5, 0.6) is 5.75 Å². The molecule has 8 heteroatoms. The number of pyridine rings is 1. The number of hydrogen-bond donors (Lipinski definition) is 1. The number of fused-ring (bicyclic) bond motifs is 1. The van der Waals surface area contributed by atoms with Crippen LogP contribution >= 0.6 is 0 Å². The van der Waals surface area contributed by atoms with Crippen molar-refractivity contribution >= 4 is 23.3 Å². The van der Waals surface area contributed by atoms with E-state index in [1.807, 2.05) is 82.9 Å². The van der Waals surface area contributed by atoms with E-state index in [0.717, 1.165) is 11.3 Å². The van der Waals surface area contributed by atoms with Crippen LogP contribution in [-0.4, -0.2) is 57.3 Å². The maximum absolute atomic E-state index is 12.8. The molecule has 0 atom stereocenters. The summed E-state index contributed by atoms with van der Waals surface area (Å²) in [5.41, 5.74) is 2.41. The van der Waals surface area contributed by atoms with Gasteiger partial charge >= 0.3 is 6.03 Å². The first-order chi connectivity index (χ1) is 16.1. The molecule has 1 fully saturated rings. The van der Waals surface area contributed by atoms with Gasteiger partial charge in [0.15, 0.2) is 0 Å². The number of likely N-dealkylation sites (tertiary alicyclic amines) is 1. The van der Waals surface area contributed by atoms with Crippen LogP contribution in [0.2, 0.25) is 0 Å². The fraction of sp³-hybridized carbons (Fsp3) is 0.400. The normalized spacial score (nSPS) is 14.3. The summed E-state index contributed by atoms with van der Waals surface area (Å²) in [6, 6.07) is 13.3. The van der Waals surface area contributed by atoms with E-state index in [1.165, 1.54) is 0 Å². The summed E-state index contributed by atoms with van der Waals surface area (Å²) in [5, 5.41) is 3.01. The zero-order chi connectivity index (χ0) is 23.2. The number of benzene rings is 1. The molecule has 0 aliphatic carbocycles. The van der Waals surface area contributed by atoms with Gasteiger partial charge < -0.3 is 24.3 Å². The van der Waals surface area contributed by atoms with Crippen LogP contribution in [0, 0.1) is 5.92 Å². The third-order valence-electron chi connectivity index (χ3n) is 6.07. The zero-order valence-electron chi connectivity index (χ0n) is 19.2. The first-order valence-electron chi connectivity index (χ1n) is 11.6. The number of carbonyl (C=O) groups is 2. The Balaban J connectivity index is 1.29. The number of amides is 3. The van der Waals surface area contributed by atoms with Gasteiger partial charge in [0.05, 0.1) is 5.69 Å². The molecular weight excluding hydrogens is 418 g/mol. The molecule has 1 N–H and O–H groups in total. The molecule has 174 valence electrons. The highest BCUT2D eigenvalue weighted by atomic mass is 16.5. The molecule has 3 amide bonds. The minimum absolute atomic E-state index is 0.0116. The Bertz CT molecular complexity index is 1070. The molecule has 3 heterocycles. The smallest absolute Gasteiger partial charge is 0.319 e. The number of urea groups is 1. The average Bonchev–Trinajstić information content (AvgIpc) is 3.27. The van der Waals surface area contributed by atoms with Crippen LogP contribution in [0.1, 0.15) is 32.4 Å². The van der Waals surface area contributed by atoms with Crippen molar-refractivity contribution in [1.82, 2.24) is 19.2 Å². The average molecular weight is 450 g/mol. The van der Waals surface area contributed by atoms with Crippen molar-refractivity contribution in [1.29, 1.82) is 0 Å². The van der Waals surface area contributed by atoms with E-state index in [1.54, 1.807) is 0 Å². The molecule has 33 heavy (non-hydrogen) atoms. The van der Waals surface area contributed by atoms with E-state index < -0.39 is 0 Å². The Kier molecular flexibility index (Phi) is 7.12. The Labute approximate surface area is 194 Å². The molecule has 8 nitrogen and oxygen atoms in total. The number of nitrogens with one attached hydrogen (secondary N) is 1. The van der Waals surface area contributed by atoms with Crippen molar-refractivity contribution in [3.05, 3.63) is 60.6 Å². The highest BCUT2D eigenvalue weighted by Gasteiger charge is 2.29. The molecular formula is C25H31N5O3.